The Bertz CT molecular complexity index is 376. The molecule has 0 spiro atoms. The highest BCUT2D eigenvalue weighted by molar-refractivity contribution is 6.30. The molecule has 0 heterocycles. The maximum Gasteiger partial charge on any atom is 0.122 e. The van der Waals surface area contributed by atoms with Crippen molar-refractivity contribution in [3.63, 3.8) is 0 Å². The quantitative estimate of drug-likeness (QED) is 0.802. The molecule has 1 unspecified atom stereocenters. The van der Waals surface area contributed by atoms with Crippen LogP contribution in [-0.4, -0.2) is 18.8 Å². The first-order valence-electron chi connectivity index (χ1n) is 5.11. The van der Waals surface area contributed by atoms with E-state index < -0.39 is 0 Å². The number of hydrogen-bond acceptors (Lipinski definition) is 2. The van der Waals surface area contributed by atoms with Crippen LogP contribution in [0.4, 0.5) is 0 Å². The lowest BCUT2D eigenvalue weighted by atomic mass is 9.84. The predicted molar refractivity (Wildman–Crippen MR) is 67.1 cm³/mol. The minimum Gasteiger partial charge on any atom is -0.496 e. The maximum atomic E-state index is 9.33. The molecule has 0 aliphatic carbocycles. The summed E-state index contributed by atoms with van der Waals surface area (Å²) in [5.74, 6) is 0.783. The van der Waals surface area contributed by atoms with E-state index >= 15 is 0 Å². The molecule has 0 aromatic heterocycles. The maximum absolute atomic E-state index is 9.33. The summed E-state index contributed by atoms with van der Waals surface area (Å²) in [6.45, 7) is 5.74. The Hall–Kier alpha value is -0.990. The molecule has 0 fully saturated rings. The van der Waals surface area contributed by atoms with E-state index in [4.69, 9.17) is 16.3 Å². The Morgan fingerprint density at radius 2 is 2.25 bits per heavy atom. The number of ether oxygens (including phenoxy) is 1. The lowest BCUT2D eigenvalue weighted by Gasteiger charge is -2.24. The summed E-state index contributed by atoms with van der Waals surface area (Å²) in [5.41, 5.74) is 0.629. The van der Waals surface area contributed by atoms with Crippen molar-refractivity contribution in [3.8, 4) is 5.75 Å². The van der Waals surface area contributed by atoms with Crippen molar-refractivity contribution in [3.05, 3.63) is 41.4 Å². The zero-order chi connectivity index (χ0) is 12.2. The van der Waals surface area contributed by atoms with Gasteiger partial charge in [0.05, 0.1) is 13.7 Å². The molecule has 0 saturated carbocycles. The first-order valence-corrected chi connectivity index (χ1v) is 5.49. The fourth-order valence-electron chi connectivity index (χ4n) is 1.51. The molecule has 1 aromatic carbocycles. The standard InChI is InChI=1S/C13H17ClO2/c1-4-13(2,9-15)8-10-7-11(14)5-6-12(10)16-3/h4-7,15H,1,8-9H2,2-3H3. The minimum atomic E-state index is -0.349. The number of methoxy groups -OCH3 is 1. The van der Waals surface area contributed by atoms with Gasteiger partial charge in [-0.1, -0.05) is 24.6 Å². The van der Waals surface area contributed by atoms with Crippen molar-refractivity contribution in [1.82, 2.24) is 0 Å². The van der Waals surface area contributed by atoms with Crippen molar-refractivity contribution >= 4 is 11.6 Å². The van der Waals surface area contributed by atoms with Crippen molar-refractivity contribution in [1.29, 1.82) is 0 Å². The van der Waals surface area contributed by atoms with E-state index in [1.165, 1.54) is 0 Å². The summed E-state index contributed by atoms with van der Waals surface area (Å²) in [4.78, 5) is 0. The van der Waals surface area contributed by atoms with Crippen LogP contribution in [-0.2, 0) is 6.42 Å². The normalized spacial score (nSPS) is 14.2. The first-order chi connectivity index (χ1) is 7.54. The van der Waals surface area contributed by atoms with Crippen LogP contribution in [0.1, 0.15) is 12.5 Å². The Kier molecular flexibility index (Phi) is 4.39. The largest absolute Gasteiger partial charge is 0.496 e. The highest BCUT2D eigenvalue weighted by atomic mass is 35.5. The molecule has 88 valence electrons. The molecule has 3 heteroatoms. The molecule has 1 rings (SSSR count). The van der Waals surface area contributed by atoms with Gasteiger partial charge in [0.2, 0.25) is 0 Å². The van der Waals surface area contributed by atoms with E-state index in [2.05, 4.69) is 6.58 Å². The summed E-state index contributed by atoms with van der Waals surface area (Å²) in [7, 11) is 1.62. The van der Waals surface area contributed by atoms with Crippen molar-refractivity contribution in [2.45, 2.75) is 13.3 Å². The van der Waals surface area contributed by atoms with Gasteiger partial charge < -0.3 is 9.84 Å². The minimum absolute atomic E-state index is 0.0478. The Balaban J connectivity index is 3.03. The highest BCUT2D eigenvalue weighted by Crippen LogP contribution is 2.30. The van der Waals surface area contributed by atoms with Crippen LogP contribution in [0, 0.1) is 5.41 Å². The van der Waals surface area contributed by atoms with Gasteiger partial charge in [0, 0.05) is 10.4 Å². The molecule has 2 nitrogen and oxygen atoms in total. The van der Waals surface area contributed by atoms with Gasteiger partial charge in [-0.25, -0.2) is 0 Å². The lowest BCUT2D eigenvalue weighted by molar-refractivity contribution is 0.183. The van der Waals surface area contributed by atoms with E-state index in [1.807, 2.05) is 19.1 Å². The number of hydrogen-bond donors (Lipinski definition) is 1. The van der Waals surface area contributed by atoms with Gasteiger partial charge in [-0.15, -0.1) is 6.58 Å². The van der Waals surface area contributed by atoms with Gasteiger partial charge in [0.1, 0.15) is 5.75 Å². The zero-order valence-electron chi connectivity index (χ0n) is 9.66. The van der Waals surface area contributed by atoms with Gasteiger partial charge in [-0.05, 0) is 30.2 Å². The molecule has 1 atom stereocenters. The Morgan fingerprint density at radius 3 is 2.75 bits per heavy atom. The van der Waals surface area contributed by atoms with Crippen LogP contribution in [0.5, 0.6) is 5.75 Å². The second kappa shape index (κ2) is 5.37. The smallest absolute Gasteiger partial charge is 0.122 e. The van der Waals surface area contributed by atoms with Crippen LogP contribution in [0.2, 0.25) is 5.02 Å². The molecular weight excluding hydrogens is 224 g/mol. The third-order valence-electron chi connectivity index (χ3n) is 2.69. The SMILES string of the molecule is C=CC(C)(CO)Cc1cc(Cl)ccc1OC. The first kappa shape index (κ1) is 13.1. The van der Waals surface area contributed by atoms with Crippen LogP contribution in [0.25, 0.3) is 0 Å². The number of benzene rings is 1. The summed E-state index contributed by atoms with van der Waals surface area (Å²) < 4.78 is 5.26. The summed E-state index contributed by atoms with van der Waals surface area (Å²) in [6.07, 6.45) is 2.41. The Morgan fingerprint density at radius 1 is 1.56 bits per heavy atom. The summed E-state index contributed by atoms with van der Waals surface area (Å²) >= 11 is 5.95. The number of aliphatic hydroxyl groups excluding tert-OH is 1. The van der Waals surface area contributed by atoms with E-state index in [1.54, 1.807) is 19.3 Å². The number of halogens is 1. The van der Waals surface area contributed by atoms with E-state index in [9.17, 15) is 5.11 Å². The van der Waals surface area contributed by atoms with Crippen LogP contribution in [0.3, 0.4) is 0 Å². The second-order valence-corrected chi connectivity index (χ2v) is 4.59. The van der Waals surface area contributed by atoms with Crippen LogP contribution in [0.15, 0.2) is 30.9 Å². The second-order valence-electron chi connectivity index (χ2n) is 4.15. The highest BCUT2D eigenvalue weighted by Gasteiger charge is 2.21. The predicted octanol–water partition coefficient (Wildman–Crippen LogP) is 3.08. The molecule has 1 N–H and O–H groups in total. The molecule has 0 aliphatic rings. The average molecular weight is 241 g/mol. The lowest BCUT2D eigenvalue weighted by Crippen LogP contribution is -2.21. The molecule has 0 amide bonds. The molecule has 0 bridgehead atoms. The van der Waals surface area contributed by atoms with Gasteiger partial charge >= 0.3 is 0 Å². The van der Waals surface area contributed by atoms with E-state index in [0.717, 1.165) is 11.3 Å². The summed E-state index contributed by atoms with van der Waals surface area (Å²) in [5, 5.41) is 10.0. The van der Waals surface area contributed by atoms with Crippen molar-refractivity contribution in [2.24, 2.45) is 5.41 Å². The van der Waals surface area contributed by atoms with E-state index in [0.29, 0.717) is 11.4 Å². The van der Waals surface area contributed by atoms with Gasteiger partial charge in [-0.3, -0.25) is 0 Å². The molecule has 0 aliphatic heterocycles. The topological polar surface area (TPSA) is 29.5 Å². The molecule has 16 heavy (non-hydrogen) atoms. The van der Waals surface area contributed by atoms with Crippen LogP contribution >= 0.6 is 11.6 Å². The Labute approximate surface area is 102 Å². The fourth-order valence-corrected chi connectivity index (χ4v) is 1.71. The van der Waals surface area contributed by atoms with Crippen molar-refractivity contribution < 1.29 is 9.84 Å². The molecule has 0 radical (unpaired) electrons. The molecular formula is C13H17ClO2. The summed E-state index contributed by atoms with van der Waals surface area (Å²) in [6, 6.07) is 5.48. The van der Waals surface area contributed by atoms with E-state index in [-0.39, 0.29) is 12.0 Å². The van der Waals surface area contributed by atoms with Crippen LogP contribution < -0.4 is 4.74 Å². The molecule has 0 saturated heterocycles. The fraction of sp³-hybridized carbons (Fsp3) is 0.385. The zero-order valence-corrected chi connectivity index (χ0v) is 10.4. The van der Waals surface area contributed by atoms with Crippen molar-refractivity contribution in [2.75, 3.05) is 13.7 Å². The molecule has 1 aromatic rings. The number of rotatable bonds is 5. The van der Waals surface area contributed by atoms with Gasteiger partial charge in [0.25, 0.3) is 0 Å². The van der Waals surface area contributed by atoms with Gasteiger partial charge in [0.15, 0.2) is 0 Å². The third kappa shape index (κ3) is 3.00. The number of aliphatic hydroxyl groups is 1. The monoisotopic (exact) mass is 240 g/mol. The van der Waals surface area contributed by atoms with Gasteiger partial charge in [-0.2, -0.15) is 0 Å². The average Bonchev–Trinajstić information content (AvgIpc) is 2.29. The third-order valence-corrected chi connectivity index (χ3v) is 2.93.